The minimum atomic E-state index is -0.163. The van der Waals surface area contributed by atoms with Crippen molar-refractivity contribution in [1.82, 2.24) is 9.97 Å². The van der Waals surface area contributed by atoms with E-state index >= 15 is 0 Å². The third-order valence-corrected chi connectivity index (χ3v) is 4.27. The van der Waals surface area contributed by atoms with E-state index in [0.717, 1.165) is 10.4 Å². The number of carbonyl (C=O) groups is 1. The fourth-order valence-corrected chi connectivity index (χ4v) is 2.84. The van der Waals surface area contributed by atoms with E-state index in [4.69, 9.17) is 4.74 Å². The normalized spacial score (nSPS) is 10.4. The van der Waals surface area contributed by atoms with E-state index in [1.165, 1.54) is 0 Å². The Kier molecular flexibility index (Phi) is 5.18. The summed E-state index contributed by atoms with van der Waals surface area (Å²) in [7, 11) is 0. The van der Waals surface area contributed by atoms with Crippen molar-refractivity contribution in [2.75, 3.05) is 11.5 Å². The molecule has 0 fully saturated rings. The molecule has 0 saturated heterocycles. The van der Waals surface area contributed by atoms with Crippen LogP contribution in [0.4, 0.5) is 5.82 Å². The number of anilines is 1. The van der Waals surface area contributed by atoms with Gasteiger partial charge in [0.25, 0.3) is 5.91 Å². The lowest BCUT2D eigenvalue weighted by molar-refractivity contribution is -0.120. The summed E-state index contributed by atoms with van der Waals surface area (Å²) in [6.45, 7) is 2.41. The average molecular weight is 339 g/mol. The van der Waals surface area contributed by atoms with Crippen molar-refractivity contribution in [2.45, 2.75) is 13.5 Å². The molecule has 1 amide bonds. The Morgan fingerprint density at radius 3 is 2.71 bits per heavy atom. The van der Waals surface area contributed by atoms with Crippen LogP contribution in [0.5, 0.6) is 5.75 Å². The number of thiophene rings is 1. The fraction of sp³-hybridized carbons (Fsp3) is 0.167. The minimum Gasteiger partial charge on any atom is -0.484 e. The number of benzene rings is 1. The predicted molar refractivity (Wildman–Crippen MR) is 94.2 cm³/mol. The Balaban J connectivity index is 1.72. The first-order valence-corrected chi connectivity index (χ1v) is 8.38. The first-order chi connectivity index (χ1) is 11.7. The predicted octanol–water partition coefficient (Wildman–Crippen LogP) is 3.46. The van der Waals surface area contributed by atoms with Gasteiger partial charge in [-0.1, -0.05) is 23.8 Å². The van der Waals surface area contributed by atoms with Gasteiger partial charge in [0.1, 0.15) is 5.75 Å². The van der Waals surface area contributed by atoms with E-state index in [1.807, 2.05) is 48.7 Å². The number of rotatable bonds is 6. The lowest BCUT2D eigenvalue weighted by Crippen LogP contribution is -2.35. The van der Waals surface area contributed by atoms with Crippen molar-refractivity contribution in [3.05, 3.63) is 70.8 Å². The van der Waals surface area contributed by atoms with E-state index in [9.17, 15) is 4.79 Å². The zero-order valence-corrected chi connectivity index (χ0v) is 14.1. The highest BCUT2D eigenvalue weighted by molar-refractivity contribution is 7.09. The SMILES string of the molecule is Cc1ccc(OCC(=O)N(Cc2cccs2)c2cnccn2)cc1. The molecule has 0 spiro atoms. The van der Waals surface area contributed by atoms with E-state index in [1.54, 1.807) is 34.8 Å². The van der Waals surface area contributed by atoms with Crippen molar-refractivity contribution in [3.63, 3.8) is 0 Å². The highest BCUT2D eigenvalue weighted by Crippen LogP contribution is 2.18. The number of ether oxygens (including phenoxy) is 1. The molecule has 0 aliphatic rings. The number of carbonyl (C=O) groups excluding carboxylic acids is 1. The fourth-order valence-electron chi connectivity index (χ4n) is 2.14. The number of hydrogen-bond donors (Lipinski definition) is 0. The molecule has 1 aromatic carbocycles. The monoisotopic (exact) mass is 339 g/mol. The largest absolute Gasteiger partial charge is 0.484 e. The minimum absolute atomic E-state index is 0.0506. The molecule has 2 aromatic heterocycles. The second kappa shape index (κ2) is 7.70. The van der Waals surface area contributed by atoms with Gasteiger partial charge in [0, 0.05) is 17.3 Å². The maximum atomic E-state index is 12.6. The summed E-state index contributed by atoms with van der Waals surface area (Å²) in [4.78, 5) is 23.6. The molecule has 0 N–H and O–H groups in total. The van der Waals surface area contributed by atoms with Crippen molar-refractivity contribution >= 4 is 23.1 Å². The lowest BCUT2D eigenvalue weighted by atomic mass is 10.2. The Bertz CT molecular complexity index is 774. The highest BCUT2D eigenvalue weighted by atomic mass is 32.1. The molecular formula is C18H17N3O2S. The summed E-state index contributed by atoms with van der Waals surface area (Å²) < 4.78 is 5.61. The number of amides is 1. The maximum absolute atomic E-state index is 12.6. The standard InChI is InChI=1S/C18H17N3O2S/c1-14-4-6-15(7-5-14)23-13-18(22)21(12-16-3-2-10-24-16)17-11-19-8-9-20-17/h2-11H,12-13H2,1H3. The maximum Gasteiger partial charge on any atom is 0.266 e. The molecule has 0 aliphatic heterocycles. The molecule has 0 atom stereocenters. The van der Waals surface area contributed by atoms with Crippen LogP contribution in [0.15, 0.2) is 60.4 Å². The van der Waals surface area contributed by atoms with E-state index in [0.29, 0.717) is 18.1 Å². The van der Waals surface area contributed by atoms with Crippen LogP contribution in [0.25, 0.3) is 0 Å². The molecule has 122 valence electrons. The number of hydrogen-bond acceptors (Lipinski definition) is 5. The second-order valence-electron chi connectivity index (χ2n) is 5.22. The van der Waals surface area contributed by atoms with Gasteiger partial charge in [0.05, 0.1) is 12.7 Å². The first kappa shape index (κ1) is 16.1. The van der Waals surface area contributed by atoms with Crippen LogP contribution in [-0.2, 0) is 11.3 Å². The van der Waals surface area contributed by atoms with Crippen LogP contribution in [0.2, 0.25) is 0 Å². The smallest absolute Gasteiger partial charge is 0.266 e. The molecule has 2 heterocycles. The molecule has 0 radical (unpaired) electrons. The molecule has 0 bridgehead atoms. The summed E-state index contributed by atoms with van der Waals surface area (Å²) in [5.41, 5.74) is 1.15. The number of nitrogens with zero attached hydrogens (tertiary/aromatic N) is 3. The molecule has 5 nitrogen and oxygen atoms in total. The van der Waals surface area contributed by atoms with Crippen LogP contribution in [0.3, 0.4) is 0 Å². The second-order valence-corrected chi connectivity index (χ2v) is 6.26. The summed E-state index contributed by atoms with van der Waals surface area (Å²) >= 11 is 1.60. The van der Waals surface area contributed by atoms with Crippen LogP contribution < -0.4 is 9.64 Å². The molecule has 0 aliphatic carbocycles. The van der Waals surface area contributed by atoms with Gasteiger partial charge in [0.15, 0.2) is 12.4 Å². The Labute approximate surface area is 144 Å². The molecule has 0 unspecified atom stereocenters. The van der Waals surface area contributed by atoms with Crippen molar-refractivity contribution < 1.29 is 9.53 Å². The molecule has 0 saturated carbocycles. The quantitative estimate of drug-likeness (QED) is 0.690. The third kappa shape index (κ3) is 4.17. The van der Waals surface area contributed by atoms with Crippen LogP contribution in [-0.4, -0.2) is 22.5 Å². The van der Waals surface area contributed by atoms with Crippen molar-refractivity contribution in [1.29, 1.82) is 0 Å². The van der Waals surface area contributed by atoms with E-state index in [2.05, 4.69) is 9.97 Å². The Hall–Kier alpha value is -2.73. The van der Waals surface area contributed by atoms with Crippen LogP contribution in [0, 0.1) is 6.92 Å². The van der Waals surface area contributed by atoms with Crippen molar-refractivity contribution in [2.24, 2.45) is 0 Å². The topological polar surface area (TPSA) is 55.3 Å². The van der Waals surface area contributed by atoms with Gasteiger partial charge in [0.2, 0.25) is 0 Å². The van der Waals surface area contributed by atoms with Crippen molar-refractivity contribution in [3.8, 4) is 5.75 Å². The molecule has 3 rings (SSSR count). The summed E-state index contributed by atoms with van der Waals surface area (Å²) in [5, 5.41) is 1.98. The van der Waals surface area contributed by atoms with Gasteiger partial charge in [-0.3, -0.25) is 14.7 Å². The van der Waals surface area contributed by atoms with Gasteiger partial charge in [-0.25, -0.2) is 4.98 Å². The number of aryl methyl sites for hydroxylation is 1. The van der Waals surface area contributed by atoms with E-state index < -0.39 is 0 Å². The average Bonchev–Trinajstić information content (AvgIpc) is 3.13. The lowest BCUT2D eigenvalue weighted by Gasteiger charge is -2.20. The summed E-state index contributed by atoms with van der Waals surface area (Å²) in [5.74, 6) is 1.03. The highest BCUT2D eigenvalue weighted by Gasteiger charge is 2.18. The first-order valence-electron chi connectivity index (χ1n) is 7.50. The summed E-state index contributed by atoms with van der Waals surface area (Å²) in [6.07, 6.45) is 4.74. The Morgan fingerprint density at radius 2 is 2.04 bits per heavy atom. The molecule has 6 heteroatoms. The van der Waals surface area contributed by atoms with Crippen LogP contribution >= 0.6 is 11.3 Å². The summed E-state index contributed by atoms with van der Waals surface area (Å²) in [6, 6.07) is 11.6. The van der Waals surface area contributed by atoms with E-state index in [-0.39, 0.29) is 12.5 Å². The molecule has 3 aromatic rings. The molecular weight excluding hydrogens is 322 g/mol. The van der Waals surface area contributed by atoms with Gasteiger partial charge in [-0.15, -0.1) is 11.3 Å². The zero-order chi connectivity index (χ0) is 16.8. The van der Waals surface area contributed by atoms with Crippen LogP contribution in [0.1, 0.15) is 10.4 Å². The van der Waals surface area contributed by atoms with Gasteiger partial charge < -0.3 is 4.74 Å². The molecule has 24 heavy (non-hydrogen) atoms. The number of aromatic nitrogens is 2. The van der Waals surface area contributed by atoms with Gasteiger partial charge in [-0.05, 0) is 30.5 Å². The van der Waals surface area contributed by atoms with Gasteiger partial charge >= 0.3 is 0 Å². The Morgan fingerprint density at radius 1 is 1.21 bits per heavy atom. The van der Waals surface area contributed by atoms with Gasteiger partial charge in [-0.2, -0.15) is 0 Å². The third-order valence-electron chi connectivity index (χ3n) is 3.40. The zero-order valence-electron chi connectivity index (χ0n) is 13.3.